The van der Waals surface area contributed by atoms with Crippen molar-refractivity contribution >= 4 is 46.0 Å². The number of nitrogens with one attached hydrogen (secondary N) is 2. The van der Waals surface area contributed by atoms with Crippen LogP contribution in [0.3, 0.4) is 0 Å². The van der Waals surface area contributed by atoms with Gasteiger partial charge in [0.2, 0.25) is 5.91 Å². The Morgan fingerprint density at radius 2 is 1.80 bits per heavy atom. The summed E-state index contributed by atoms with van der Waals surface area (Å²) in [6, 6.07) is 12.4. The third kappa shape index (κ3) is 9.57. The number of likely N-dealkylation sites (tertiary alicyclic amines) is 1. The molecular weight excluding hydrogens is 668 g/mol. The van der Waals surface area contributed by atoms with E-state index in [1.54, 1.807) is 29.8 Å². The Hall–Kier alpha value is -4.10. The molecule has 4 aromatic rings. The molecule has 0 radical (unpaired) electrons. The van der Waals surface area contributed by atoms with Crippen LogP contribution in [0.1, 0.15) is 48.4 Å². The van der Waals surface area contributed by atoms with Crippen LogP contribution in [0, 0.1) is 12.7 Å². The Kier molecular flexibility index (Phi) is 14.5. The van der Waals surface area contributed by atoms with Crippen molar-refractivity contribution < 1.29 is 9.18 Å². The minimum absolute atomic E-state index is 0.00534. The number of hydrogen-bond acceptors (Lipinski definition) is 10. The maximum atomic E-state index is 13.5. The van der Waals surface area contributed by atoms with Gasteiger partial charge >= 0.3 is 0 Å². The van der Waals surface area contributed by atoms with Crippen LogP contribution < -0.4 is 16.6 Å². The molecule has 1 atom stereocenters. The molecule has 4 N–H and O–H groups in total. The number of rotatable bonds is 11. The van der Waals surface area contributed by atoms with Gasteiger partial charge in [-0.1, -0.05) is 32.1 Å². The maximum Gasteiger partial charge on any atom is 0.237 e. The van der Waals surface area contributed by atoms with E-state index in [0.717, 1.165) is 70.4 Å². The number of nitrogens with two attached hydrogens (primary N) is 1. The van der Waals surface area contributed by atoms with Crippen molar-refractivity contribution in [2.24, 2.45) is 5.84 Å². The number of amides is 1. The second-order valence-corrected chi connectivity index (χ2v) is 14.1. The third-order valence-corrected chi connectivity index (χ3v) is 11.4. The number of halogens is 1. The third-order valence-electron chi connectivity index (χ3n) is 8.96. The molecule has 2 aromatic carbocycles. The first-order valence-corrected chi connectivity index (χ1v) is 19.0. The quantitative estimate of drug-likeness (QED) is 0.0837. The Morgan fingerprint density at radius 1 is 1.08 bits per heavy atom. The zero-order chi connectivity index (χ0) is 36.1. The van der Waals surface area contributed by atoms with Crippen LogP contribution in [-0.2, 0) is 11.2 Å². The van der Waals surface area contributed by atoms with Gasteiger partial charge in [-0.25, -0.2) is 19.3 Å². The van der Waals surface area contributed by atoms with Gasteiger partial charge in [-0.05, 0) is 85.0 Å². The topological polar surface area (TPSA) is 112 Å². The smallest absolute Gasteiger partial charge is 0.237 e. The van der Waals surface area contributed by atoms with Crippen LogP contribution in [0.25, 0.3) is 16.3 Å². The van der Waals surface area contributed by atoms with E-state index in [-0.39, 0.29) is 16.5 Å². The predicted octanol–water partition coefficient (Wildman–Crippen LogP) is 7.29. The highest BCUT2D eigenvalue weighted by molar-refractivity contribution is 8.00. The van der Waals surface area contributed by atoms with Gasteiger partial charge in [0.15, 0.2) is 5.82 Å². The number of carbonyl (C=O) groups is 1. The van der Waals surface area contributed by atoms with E-state index in [9.17, 15) is 9.18 Å². The monoisotopic (exact) mass is 716 g/mol. The largest absolute Gasteiger partial charge is 0.383 e. The number of thioether (sulfide) groups is 1. The summed E-state index contributed by atoms with van der Waals surface area (Å²) < 4.78 is 13.5. The van der Waals surface area contributed by atoms with Gasteiger partial charge in [0.05, 0.1) is 17.1 Å². The highest BCUT2D eigenvalue weighted by Gasteiger charge is 2.38. The van der Waals surface area contributed by atoms with E-state index >= 15 is 0 Å². The number of hydrogen-bond donors (Lipinski definition) is 3. The summed E-state index contributed by atoms with van der Waals surface area (Å²) in [5, 5.41) is 4.68. The maximum absolute atomic E-state index is 13.5. The molecule has 6 rings (SSSR count). The molecular formula is C38H49FN8OS2. The summed E-state index contributed by atoms with van der Waals surface area (Å²) >= 11 is 3.46. The molecule has 0 aliphatic carbocycles. The molecule has 50 heavy (non-hydrogen) atoms. The molecule has 1 unspecified atom stereocenters. The first kappa shape index (κ1) is 38.7. The Bertz CT molecular complexity index is 1720. The van der Waals surface area contributed by atoms with Gasteiger partial charge in [-0.3, -0.25) is 15.5 Å². The van der Waals surface area contributed by atoms with Crippen molar-refractivity contribution in [1.29, 1.82) is 0 Å². The first-order valence-electron chi connectivity index (χ1n) is 16.9. The number of carbonyl (C=O) groups excluding carboxylic acids is 1. The van der Waals surface area contributed by atoms with E-state index in [2.05, 4.69) is 69.1 Å². The highest BCUT2D eigenvalue weighted by atomic mass is 32.2. The molecule has 1 saturated heterocycles. The molecule has 4 heterocycles. The molecule has 1 amide bonds. The summed E-state index contributed by atoms with van der Waals surface area (Å²) in [6.07, 6.45) is 12.0. The summed E-state index contributed by atoms with van der Waals surface area (Å²) in [6.45, 7) is 16.3. The van der Waals surface area contributed by atoms with Crippen LogP contribution in [0.15, 0.2) is 80.3 Å². The zero-order valence-electron chi connectivity index (χ0n) is 29.5. The summed E-state index contributed by atoms with van der Waals surface area (Å²) in [7, 11) is 0. The lowest BCUT2D eigenvalue weighted by Crippen LogP contribution is -2.43. The number of aromatic nitrogens is 3. The van der Waals surface area contributed by atoms with E-state index in [1.807, 2.05) is 54.9 Å². The fourth-order valence-electron chi connectivity index (χ4n) is 6.15. The van der Waals surface area contributed by atoms with Crippen LogP contribution in [0.5, 0.6) is 0 Å². The van der Waals surface area contributed by atoms with Crippen molar-refractivity contribution in [2.45, 2.75) is 44.8 Å². The second-order valence-electron chi connectivity index (χ2n) is 11.8. The second kappa shape index (κ2) is 18.8. The van der Waals surface area contributed by atoms with Gasteiger partial charge in [0, 0.05) is 61.7 Å². The number of benzene rings is 2. The highest BCUT2D eigenvalue weighted by Crippen LogP contribution is 2.36. The number of nitrogens with zero attached hydrogens (tertiary/aromatic N) is 5. The minimum atomic E-state index is -0.245. The summed E-state index contributed by atoms with van der Waals surface area (Å²) in [4.78, 5) is 31.8. The molecule has 0 spiro atoms. The standard InChI is InChI=1S/C34H39FN8OS2.C2H6.C2H4/c1-23-27(18-24-4-6-26(35)7-5-24)29(41-36)9-8-28(23)40-21-34(45-2)12-17-42(22-34)20-31(44)43-15-10-25(11-16-43)33-39-19-30(46-33)32-37-13-3-14-38-32;2*1-2/h3-10,13-14,19,40-41H,11-12,15-18,20-22,36H2,1-2H3;1-2H3;1-2H2. The van der Waals surface area contributed by atoms with Crippen LogP contribution in [-0.4, -0.2) is 80.9 Å². The summed E-state index contributed by atoms with van der Waals surface area (Å²) in [5.74, 6) is 6.46. The number of thiazole rings is 1. The number of anilines is 2. The average molecular weight is 717 g/mol. The van der Waals surface area contributed by atoms with Gasteiger partial charge in [0.25, 0.3) is 0 Å². The molecule has 0 saturated carbocycles. The molecule has 2 aliphatic rings. The zero-order valence-corrected chi connectivity index (χ0v) is 31.2. The van der Waals surface area contributed by atoms with Crippen LogP contribution in [0.2, 0.25) is 0 Å². The molecule has 266 valence electrons. The lowest BCUT2D eigenvalue weighted by Gasteiger charge is -2.30. The van der Waals surface area contributed by atoms with Crippen molar-refractivity contribution in [1.82, 2.24) is 24.8 Å². The minimum Gasteiger partial charge on any atom is -0.383 e. The molecule has 1 fully saturated rings. The fraction of sp³-hybridized carbons (Fsp3) is 0.368. The molecule has 0 bridgehead atoms. The molecule has 2 aliphatic heterocycles. The molecule has 2 aromatic heterocycles. The van der Waals surface area contributed by atoms with Crippen LogP contribution in [0.4, 0.5) is 15.8 Å². The predicted molar refractivity (Wildman–Crippen MR) is 209 cm³/mol. The Labute approximate surface area is 304 Å². The SMILES string of the molecule is C=C.CC.CSC1(CNc2ccc(NN)c(Cc3ccc(F)cc3)c2C)CCN(CC(=O)N2CC=C(c3ncc(-c4ncccn4)s3)CC2)C1. The average Bonchev–Trinajstić information content (AvgIpc) is 3.83. The lowest BCUT2D eigenvalue weighted by molar-refractivity contribution is -0.131. The van der Waals surface area contributed by atoms with Gasteiger partial charge in [-0.15, -0.1) is 24.5 Å². The van der Waals surface area contributed by atoms with E-state index in [4.69, 9.17) is 5.84 Å². The van der Waals surface area contributed by atoms with Crippen molar-refractivity contribution in [3.63, 3.8) is 0 Å². The van der Waals surface area contributed by atoms with Crippen LogP contribution >= 0.6 is 23.1 Å². The number of nitrogen functional groups attached to an aromatic ring is 1. The van der Waals surface area contributed by atoms with Gasteiger partial charge in [0.1, 0.15) is 10.8 Å². The Morgan fingerprint density at radius 3 is 2.46 bits per heavy atom. The summed E-state index contributed by atoms with van der Waals surface area (Å²) in [5.41, 5.74) is 9.12. The van der Waals surface area contributed by atoms with Gasteiger partial charge < -0.3 is 15.6 Å². The van der Waals surface area contributed by atoms with E-state index < -0.39 is 0 Å². The van der Waals surface area contributed by atoms with Gasteiger partial charge in [-0.2, -0.15) is 11.8 Å². The van der Waals surface area contributed by atoms with Crippen molar-refractivity contribution in [3.8, 4) is 10.7 Å². The first-order chi connectivity index (χ1) is 24.4. The fourth-order valence-corrected chi connectivity index (χ4v) is 7.91. The lowest BCUT2D eigenvalue weighted by atomic mass is 9.97. The van der Waals surface area contributed by atoms with Crippen molar-refractivity contribution in [2.75, 3.05) is 56.3 Å². The molecule has 12 heteroatoms. The van der Waals surface area contributed by atoms with E-state index in [0.29, 0.717) is 31.9 Å². The van der Waals surface area contributed by atoms with E-state index in [1.165, 1.54) is 17.7 Å². The number of hydrazine groups is 1. The Balaban J connectivity index is 0.00000136. The molecule has 9 nitrogen and oxygen atoms in total. The normalized spacial score (nSPS) is 17.2. The van der Waals surface area contributed by atoms with Crippen molar-refractivity contribution in [3.05, 3.63) is 108 Å².